The highest BCUT2D eigenvalue weighted by atomic mass is 16.1. The molecule has 2 heterocycles. The minimum atomic E-state index is -0.147. The summed E-state index contributed by atoms with van der Waals surface area (Å²) in [7, 11) is 0. The third-order valence-electron chi connectivity index (χ3n) is 6.40. The molecule has 1 aromatic heterocycles. The van der Waals surface area contributed by atoms with Gasteiger partial charge in [-0.25, -0.2) is 5.84 Å². The van der Waals surface area contributed by atoms with Crippen LogP contribution in [0, 0.1) is 18.8 Å². The molecule has 0 atom stereocenters. The molecule has 8 N–H and O–H groups in total. The Bertz CT molecular complexity index is 957. The van der Waals surface area contributed by atoms with Crippen molar-refractivity contribution in [2.45, 2.75) is 40.0 Å². The third kappa shape index (κ3) is 6.72. The molecule has 1 saturated heterocycles. The van der Waals surface area contributed by atoms with Gasteiger partial charge in [-0.2, -0.15) is 0 Å². The van der Waals surface area contributed by atoms with Gasteiger partial charge in [0, 0.05) is 48.8 Å². The number of amides is 1. The van der Waals surface area contributed by atoms with Crippen LogP contribution in [0.5, 0.6) is 0 Å². The van der Waals surface area contributed by atoms with E-state index in [2.05, 4.69) is 35.1 Å². The van der Waals surface area contributed by atoms with Crippen molar-refractivity contribution >= 4 is 22.5 Å². The van der Waals surface area contributed by atoms with Crippen molar-refractivity contribution in [2.24, 2.45) is 29.1 Å². The van der Waals surface area contributed by atoms with Crippen molar-refractivity contribution in [1.29, 1.82) is 0 Å². The molecule has 0 saturated carbocycles. The highest BCUT2D eigenvalue weighted by Crippen LogP contribution is 2.28. The van der Waals surface area contributed by atoms with Gasteiger partial charge in [0.1, 0.15) is 5.69 Å². The maximum atomic E-state index is 13.0. The lowest BCUT2D eigenvalue weighted by Gasteiger charge is -2.33. The Hall–Kier alpha value is -2.55. The number of hydrazine groups is 1. The van der Waals surface area contributed by atoms with Gasteiger partial charge < -0.3 is 31.7 Å². The highest BCUT2D eigenvalue weighted by molar-refractivity contribution is 6.06. The van der Waals surface area contributed by atoms with E-state index in [1.165, 1.54) is 0 Å². The standard InChI is InChI=1S/C25H41N7O/c1-17(2)6-10-29-25(33)24-23(20-14-18(3)4-5-22(20)30-24)21(27)16-32(28)15-19-7-11-31(12-8-19)13-9-26/h4-5,14,16-17,19,30H,6-13,15,26-28H2,1-3H3,(H,29,33)/b21-16-. The molecule has 1 aliphatic rings. The zero-order valence-corrected chi connectivity index (χ0v) is 20.4. The monoisotopic (exact) mass is 455 g/mol. The average molecular weight is 456 g/mol. The summed E-state index contributed by atoms with van der Waals surface area (Å²) in [6.07, 6.45) is 4.88. The van der Waals surface area contributed by atoms with Gasteiger partial charge in [-0.15, -0.1) is 0 Å². The van der Waals surface area contributed by atoms with Gasteiger partial charge >= 0.3 is 0 Å². The number of hydrogen-bond acceptors (Lipinski definition) is 6. The van der Waals surface area contributed by atoms with Crippen LogP contribution in [0.25, 0.3) is 16.6 Å². The number of aromatic amines is 1. The number of nitrogens with zero attached hydrogens (tertiary/aromatic N) is 2. The van der Waals surface area contributed by atoms with Crippen molar-refractivity contribution in [3.05, 3.63) is 41.2 Å². The lowest BCUT2D eigenvalue weighted by Crippen LogP contribution is -2.41. The Morgan fingerprint density at radius 1 is 1.33 bits per heavy atom. The molecule has 182 valence electrons. The fourth-order valence-electron chi connectivity index (χ4n) is 4.51. The van der Waals surface area contributed by atoms with Crippen LogP contribution < -0.4 is 22.6 Å². The number of aromatic nitrogens is 1. The fraction of sp³-hybridized carbons (Fsp3) is 0.560. The molecule has 0 radical (unpaired) electrons. The third-order valence-corrected chi connectivity index (χ3v) is 6.40. The number of carbonyl (C=O) groups excluding carboxylic acids is 1. The van der Waals surface area contributed by atoms with Crippen molar-refractivity contribution in [3.8, 4) is 0 Å². The molecule has 8 nitrogen and oxygen atoms in total. The predicted octanol–water partition coefficient (Wildman–Crippen LogP) is 2.36. The second-order valence-electron chi connectivity index (χ2n) is 9.72. The highest BCUT2D eigenvalue weighted by Gasteiger charge is 2.22. The maximum Gasteiger partial charge on any atom is 0.268 e. The molecule has 1 aromatic carbocycles. The van der Waals surface area contributed by atoms with E-state index in [1.807, 2.05) is 19.1 Å². The van der Waals surface area contributed by atoms with Crippen LogP contribution in [0.15, 0.2) is 24.4 Å². The van der Waals surface area contributed by atoms with Crippen LogP contribution in [0.2, 0.25) is 0 Å². The fourth-order valence-corrected chi connectivity index (χ4v) is 4.51. The Kier molecular flexibility index (Phi) is 8.77. The first kappa shape index (κ1) is 25.1. The molecule has 33 heavy (non-hydrogen) atoms. The molecular weight excluding hydrogens is 414 g/mol. The van der Waals surface area contributed by atoms with Crippen LogP contribution in [-0.2, 0) is 0 Å². The summed E-state index contributed by atoms with van der Waals surface area (Å²) in [5, 5.41) is 5.63. The first-order chi connectivity index (χ1) is 15.8. The van der Waals surface area contributed by atoms with Crippen LogP contribution in [0.1, 0.15) is 54.7 Å². The van der Waals surface area contributed by atoms with Gasteiger partial charge in [-0.3, -0.25) is 4.79 Å². The van der Waals surface area contributed by atoms with Gasteiger partial charge in [0.25, 0.3) is 5.91 Å². The van der Waals surface area contributed by atoms with E-state index in [-0.39, 0.29) is 5.91 Å². The summed E-state index contributed by atoms with van der Waals surface area (Å²) >= 11 is 0. The summed E-state index contributed by atoms with van der Waals surface area (Å²) in [5.74, 6) is 7.24. The van der Waals surface area contributed by atoms with E-state index in [0.29, 0.717) is 41.9 Å². The first-order valence-corrected chi connectivity index (χ1v) is 12.1. The summed E-state index contributed by atoms with van der Waals surface area (Å²) in [6, 6.07) is 6.07. The van der Waals surface area contributed by atoms with Crippen molar-refractivity contribution < 1.29 is 4.79 Å². The van der Waals surface area contributed by atoms with E-state index in [1.54, 1.807) is 11.2 Å². The summed E-state index contributed by atoms with van der Waals surface area (Å²) in [4.78, 5) is 18.7. The minimum Gasteiger partial charge on any atom is -0.397 e. The Morgan fingerprint density at radius 3 is 2.73 bits per heavy atom. The molecule has 1 fully saturated rings. The van der Waals surface area contributed by atoms with Crippen LogP contribution in [-0.4, -0.2) is 60.1 Å². The molecule has 0 aliphatic carbocycles. The smallest absolute Gasteiger partial charge is 0.268 e. The summed E-state index contributed by atoms with van der Waals surface area (Å²) in [6.45, 7) is 11.4. The number of aryl methyl sites for hydroxylation is 1. The average Bonchev–Trinajstić information content (AvgIpc) is 3.13. The van der Waals surface area contributed by atoms with Gasteiger partial charge in [-0.05, 0) is 63.2 Å². The number of fused-ring (bicyclic) bond motifs is 1. The largest absolute Gasteiger partial charge is 0.397 e. The quantitative estimate of drug-likeness (QED) is 0.276. The molecule has 1 aliphatic heterocycles. The molecule has 0 bridgehead atoms. The zero-order chi connectivity index (χ0) is 24.0. The minimum absolute atomic E-state index is 0.147. The second kappa shape index (κ2) is 11.5. The predicted molar refractivity (Wildman–Crippen MR) is 136 cm³/mol. The van der Waals surface area contributed by atoms with Gasteiger partial charge in [0.05, 0.1) is 5.70 Å². The zero-order valence-electron chi connectivity index (χ0n) is 20.4. The molecule has 2 aromatic rings. The topological polar surface area (TPSA) is 129 Å². The number of likely N-dealkylation sites (tertiary alicyclic amines) is 1. The van der Waals surface area contributed by atoms with E-state index < -0.39 is 0 Å². The first-order valence-electron chi connectivity index (χ1n) is 12.1. The van der Waals surface area contributed by atoms with E-state index in [4.69, 9.17) is 17.3 Å². The van der Waals surface area contributed by atoms with E-state index in [0.717, 1.165) is 61.9 Å². The Labute approximate surface area is 197 Å². The molecule has 0 unspecified atom stereocenters. The van der Waals surface area contributed by atoms with E-state index >= 15 is 0 Å². The lowest BCUT2D eigenvalue weighted by molar-refractivity contribution is 0.0947. The summed E-state index contributed by atoms with van der Waals surface area (Å²) < 4.78 is 0. The van der Waals surface area contributed by atoms with Crippen LogP contribution in [0.3, 0.4) is 0 Å². The molecule has 1 amide bonds. The second-order valence-corrected chi connectivity index (χ2v) is 9.72. The Balaban J connectivity index is 1.78. The van der Waals surface area contributed by atoms with Crippen molar-refractivity contribution in [1.82, 2.24) is 20.2 Å². The SMILES string of the molecule is Cc1ccc2[nH]c(C(=O)NCCC(C)C)c(/C(N)=C/N(N)CC3CCN(CCN)CC3)c2c1. The number of benzene rings is 1. The Morgan fingerprint density at radius 2 is 2.06 bits per heavy atom. The number of piperidine rings is 1. The van der Waals surface area contributed by atoms with Gasteiger partial charge in [0.15, 0.2) is 0 Å². The molecule has 8 heteroatoms. The number of hydrogen-bond donors (Lipinski definition) is 5. The maximum absolute atomic E-state index is 13.0. The molecular formula is C25H41N7O. The van der Waals surface area contributed by atoms with Crippen LogP contribution in [0.4, 0.5) is 0 Å². The normalized spacial score (nSPS) is 16.0. The lowest BCUT2D eigenvalue weighted by atomic mass is 9.96. The van der Waals surface area contributed by atoms with Gasteiger partial charge in [-0.1, -0.05) is 25.5 Å². The number of nitrogens with two attached hydrogens (primary N) is 3. The molecule has 3 rings (SSSR count). The number of nitrogens with one attached hydrogen (secondary N) is 2. The van der Waals surface area contributed by atoms with Gasteiger partial charge in [0.2, 0.25) is 0 Å². The van der Waals surface area contributed by atoms with Crippen molar-refractivity contribution in [3.63, 3.8) is 0 Å². The number of rotatable bonds is 10. The van der Waals surface area contributed by atoms with E-state index in [9.17, 15) is 4.79 Å². The number of H-pyrrole nitrogens is 1. The number of carbonyl (C=O) groups is 1. The molecule has 0 spiro atoms. The van der Waals surface area contributed by atoms with Crippen molar-refractivity contribution in [2.75, 3.05) is 39.3 Å². The summed E-state index contributed by atoms with van der Waals surface area (Å²) in [5.41, 5.74) is 15.9. The van der Waals surface area contributed by atoms with Crippen LogP contribution >= 0.6 is 0 Å².